The third-order valence-electron chi connectivity index (χ3n) is 5.79. The Labute approximate surface area is 213 Å². The summed E-state index contributed by atoms with van der Waals surface area (Å²) < 4.78 is 32.3. The van der Waals surface area contributed by atoms with E-state index in [9.17, 15) is 23.2 Å². The monoisotopic (exact) mass is 523 g/mol. The number of anilines is 2. The molecule has 2 aromatic heterocycles. The first kappa shape index (κ1) is 24.5. The number of benzene rings is 1. The molecule has 0 radical (unpaired) electrons. The Kier molecular flexibility index (Phi) is 6.62. The molecule has 9 nitrogen and oxygen atoms in total. The molecule has 0 spiro atoms. The number of aromatic nitrogens is 3. The fourth-order valence-corrected chi connectivity index (χ4v) is 4.39. The second-order valence-electron chi connectivity index (χ2n) is 8.37. The molecule has 2 aliphatic rings. The largest absolute Gasteiger partial charge is 0.494 e. The second kappa shape index (κ2) is 10.0. The van der Waals surface area contributed by atoms with E-state index in [2.05, 4.69) is 32.3 Å². The number of carbonyl (C=O) groups is 3. The minimum absolute atomic E-state index is 0.0630. The number of rotatable bonds is 6. The quantitative estimate of drug-likeness (QED) is 0.380. The van der Waals surface area contributed by atoms with Crippen molar-refractivity contribution in [1.82, 2.24) is 15.2 Å². The van der Waals surface area contributed by atoms with Crippen LogP contribution in [0.4, 0.5) is 19.6 Å². The maximum absolute atomic E-state index is 13.5. The number of halogens is 2. The lowest BCUT2D eigenvalue weighted by atomic mass is 9.97. The second-order valence-corrected chi connectivity index (χ2v) is 9.35. The summed E-state index contributed by atoms with van der Waals surface area (Å²) in [6.07, 6.45) is 0.514. The molecule has 1 aliphatic carbocycles. The number of imide groups is 1. The highest BCUT2D eigenvalue weighted by atomic mass is 32.1. The van der Waals surface area contributed by atoms with Gasteiger partial charge in [-0.15, -0.1) is 10.2 Å². The summed E-state index contributed by atoms with van der Waals surface area (Å²) >= 11 is 1.11. The Balaban J connectivity index is 1.55. The van der Waals surface area contributed by atoms with E-state index in [1.54, 1.807) is 0 Å². The van der Waals surface area contributed by atoms with Crippen LogP contribution in [0.15, 0.2) is 30.5 Å². The maximum atomic E-state index is 13.5. The van der Waals surface area contributed by atoms with Gasteiger partial charge in [-0.25, -0.2) is 8.78 Å². The number of hydrogen-bond acceptors (Lipinski definition) is 8. The van der Waals surface area contributed by atoms with Gasteiger partial charge in [0.25, 0.3) is 12.3 Å². The van der Waals surface area contributed by atoms with Crippen LogP contribution in [0, 0.1) is 17.8 Å². The normalized spacial score (nSPS) is 15.1. The van der Waals surface area contributed by atoms with Crippen molar-refractivity contribution in [2.45, 2.75) is 32.1 Å². The molecular formula is C25H19F2N5O4S. The highest BCUT2D eigenvalue weighted by Crippen LogP contribution is 2.38. The Bertz CT molecular complexity index is 1460. The fourth-order valence-electron chi connectivity index (χ4n) is 3.79. The third kappa shape index (κ3) is 5.17. The van der Waals surface area contributed by atoms with E-state index in [0.717, 1.165) is 41.3 Å². The molecule has 1 saturated heterocycles. The number of pyridine rings is 1. The van der Waals surface area contributed by atoms with Crippen molar-refractivity contribution in [1.29, 1.82) is 0 Å². The number of amides is 3. The summed E-state index contributed by atoms with van der Waals surface area (Å²) in [7, 11) is 1.34. The van der Waals surface area contributed by atoms with Crippen molar-refractivity contribution >= 4 is 39.9 Å². The summed E-state index contributed by atoms with van der Waals surface area (Å²) in [5.74, 6) is 5.13. The number of methoxy groups -OCH3 is 1. The predicted octanol–water partition coefficient (Wildman–Crippen LogP) is 4.21. The van der Waals surface area contributed by atoms with Gasteiger partial charge < -0.3 is 4.74 Å². The predicted molar refractivity (Wildman–Crippen MR) is 130 cm³/mol. The fraction of sp³-hybridized carbons (Fsp3) is 0.280. The molecule has 0 bridgehead atoms. The number of nitrogens with zero attached hydrogens (tertiary/aromatic N) is 4. The van der Waals surface area contributed by atoms with Crippen molar-refractivity contribution in [3.05, 3.63) is 46.7 Å². The van der Waals surface area contributed by atoms with Gasteiger partial charge in [0.1, 0.15) is 11.4 Å². The zero-order chi connectivity index (χ0) is 26.1. The van der Waals surface area contributed by atoms with Crippen molar-refractivity contribution in [3.8, 4) is 28.7 Å². The molecule has 1 N–H and O–H groups in total. The van der Waals surface area contributed by atoms with Crippen LogP contribution < -0.4 is 15.0 Å². The average Bonchev–Trinajstić information content (AvgIpc) is 3.52. The molecule has 188 valence electrons. The molecule has 37 heavy (non-hydrogen) atoms. The highest BCUT2D eigenvalue weighted by molar-refractivity contribution is 7.15. The van der Waals surface area contributed by atoms with E-state index < -0.39 is 29.8 Å². The number of ether oxygens (including phenoxy) is 1. The molecule has 1 aliphatic heterocycles. The van der Waals surface area contributed by atoms with Gasteiger partial charge in [-0.3, -0.25) is 29.6 Å². The molecule has 3 heterocycles. The van der Waals surface area contributed by atoms with Crippen LogP contribution in [0.3, 0.4) is 0 Å². The molecule has 5 rings (SSSR count). The van der Waals surface area contributed by atoms with Gasteiger partial charge in [0.15, 0.2) is 5.01 Å². The SMILES string of the molecule is COc1cnc(C(F)F)cc1-c1cc(N2C(=O)CCC2=O)ccc1C(=O)Nc1nnc(C#CC2CC2)s1. The minimum Gasteiger partial charge on any atom is -0.494 e. The lowest BCUT2D eigenvalue weighted by molar-refractivity contribution is -0.121. The highest BCUT2D eigenvalue weighted by Gasteiger charge is 2.31. The topological polar surface area (TPSA) is 114 Å². The molecule has 2 fully saturated rings. The van der Waals surface area contributed by atoms with E-state index >= 15 is 0 Å². The molecule has 0 unspecified atom stereocenters. The van der Waals surface area contributed by atoms with E-state index in [4.69, 9.17) is 4.74 Å². The summed E-state index contributed by atoms with van der Waals surface area (Å²) in [6.45, 7) is 0. The van der Waals surface area contributed by atoms with Gasteiger partial charge in [0.2, 0.25) is 16.9 Å². The van der Waals surface area contributed by atoms with Gasteiger partial charge in [0, 0.05) is 35.4 Å². The lowest BCUT2D eigenvalue weighted by Crippen LogP contribution is -2.28. The molecule has 3 aromatic rings. The summed E-state index contributed by atoms with van der Waals surface area (Å²) in [6, 6.07) is 5.41. The Hall–Kier alpha value is -4.24. The van der Waals surface area contributed by atoms with Crippen molar-refractivity contribution in [2.24, 2.45) is 5.92 Å². The zero-order valence-electron chi connectivity index (χ0n) is 19.5. The zero-order valence-corrected chi connectivity index (χ0v) is 20.3. The molecular weight excluding hydrogens is 504 g/mol. The molecule has 1 saturated carbocycles. The smallest absolute Gasteiger partial charge is 0.280 e. The van der Waals surface area contributed by atoms with Crippen molar-refractivity contribution in [3.63, 3.8) is 0 Å². The van der Waals surface area contributed by atoms with E-state index in [1.165, 1.54) is 25.3 Å². The van der Waals surface area contributed by atoms with Gasteiger partial charge in [0.05, 0.1) is 19.0 Å². The summed E-state index contributed by atoms with van der Waals surface area (Å²) in [5, 5.41) is 11.3. The number of alkyl halides is 2. The standard InChI is InChI=1S/C25H19F2N5O4S/c1-36-19-12-28-18(23(26)27)11-17(19)16-10-14(32-21(33)8-9-22(32)34)5-6-15(16)24(35)29-25-31-30-20(37-25)7-4-13-2-3-13/h5-6,10-13,23H,2-3,8-9H2,1H3,(H,29,31,35). The van der Waals surface area contributed by atoms with Crippen molar-refractivity contribution < 1.29 is 27.9 Å². The maximum Gasteiger partial charge on any atom is 0.280 e. The Morgan fingerprint density at radius 2 is 1.92 bits per heavy atom. The van der Waals surface area contributed by atoms with E-state index in [-0.39, 0.29) is 46.1 Å². The molecule has 1 aromatic carbocycles. The van der Waals surface area contributed by atoms with Crippen molar-refractivity contribution in [2.75, 3.05) is 17.3 Å². The minimum atomic E-state index is -2.87. The van der Waals surface area contributed by atoms with Crippen LogP contribution in [-0.4, -0.2) is 40.0 Å². The van der Waals surface area contributed by atoms with Gasteiger partial charge >= 0.3 is 0 Å². The van der Waals surface area contributed by atoms with Crippen LogP contribution in [0.25, 0.3) is 11.1 Å². The average molecular weight is 524 g/mol. The lowest BCUT2D eigenvalue weighted by Gasteiger charge is -2.18. The van der Waals surface area contributed by atoms with Crippen LogP contribution in [0.2, 0.25) is 0 Å². The summed E-state index contributed by atoms with van der Waals surface area (Å²) in [5.41, 5.74) is 0.0800. The van der Waals surface area contributed by atoms with E-state index in [0.29, 0.717) is 10.9 Å². The summed E-state index contributed by atoms with van der Waals surface area (Å²) in [4.78, 5) is 42.7. The number of nitrogens with one attached hydrogen (secondary N) is 1. The van der Waals surface area contributed by atoms with Gasteiger partial charge in [-0.2, -0.15) is 0 Å². The molecule has 0 atom stereocenters. The molecule has 3 amide bonds. The van der Waals surface area contributed by atoms with Gasteiger partial charge in [-0.1, -0.05) is 17.3 Å². The Morgan fingerprint density at radius 3 is 2.59 bits per heavy atom. The Morgan fingerprint density at radius 1 is 1.16 bits per heavy atom. The third-order valence-corrected chi connectivity index (χ3v) is 6.54. The number of hydrogen-bond donors (Lipinski definition) is 1. The first-order valence-corrected chi connectivity index (χ1v) is 12.1. The number of carbonyl (C=O) groups excluding carboxylic acids is 3. The van der Waals surface area contributed by atoms with Crippen LogP contribution in [0.5, 0.6) is 5.75 Å². The van der Waals surface area contributed by atoms with E-state index in [1.807, 2.05) is 0 Å². The van der Waals surface area contributed by atoms with Crippen LogP contribution >= 0.6 is 11.3 Å². The first-order valence-electron chi connectivity index (χ1n) is 11.3. The first-order chi connectivity index (χ1) is 17.8. The molecule has 12 heteroatoms. The van der Waals surface area contributed by atoms with Gasteiger partial charge in [-0.05, 0) is 43.0 Å². The van der Waals surface area contributed by atoms with Crippen LogP contribution in [0.1, 0.15) is 53.2 Å². The van der Waals surface area contributed by atoms with Crippen LogP contribution in [-0.2, 0) is 9.59 Å².